The van der Waals surface area contributed by atoms with Gasteiger partial charge in [-0.15, -0.1) is 11.6 Å². The summed E-state index contributed by atoms with van der Waals surface area (Å²) in [7, 11) is 1.75. The largest absolute Gasteiger partial charge is 0.339 e. The van der Waals surface area contributed by atoms with Gasteiger partial charge in [0.05, 0.1) is 6.04 Å². The molecule has 0 N–H and O–H groups in total. The van der Waals surface area contributed by atoms with Crippen LogP contribution in [0.5, 0.6) is 0 Å². The summed E-state index contributed by atoms with van der Waals surface area (Å²) in [5, 5.41) is 1.15. The third-order valence-electron chi connectivity index (χ3n) is 2.99. The van der Waals surface area contributed by atoms with Crippen LogP contribution in [0.1, 0.15) is 25.5 Å². The molecule has 0 heterocycles. The maximum Gasteiger partial charge on any atom is 0.226 e. The lowest BCUT2D eigenvalue weighted by Crippen LogP contribution is -2.34. The molecule has 1 rings (SSSR count). The maximum atomic E-state index is 12.0. The van der Waals surface area contributed by atoms with Crippen molar-refractivity contribution in [3.8, 4) is 0 Å². The summed E-state index contributed by atoms with van der Waals surface area (Å²) < 4.78 is 0. The number of nitrogens with zero attached hydrogens (tertiary/aromatic N) is 1. The molecular formula is C13H16Cl3NO. The standard InChI is InChI=1S/C13H16Cl3NO/c1-8(7-14)13(18)17(3)9(2)11-5-4-10(15)6-12(11)16/h4-6,8-9H,7H2,1-3H3. The SMILES string of the molecule is CC(CCl)C(=O)N(C)C(C)c1ccc(Cl)cc1Cl. The van der Waals surface area contributed by atoms with Crippen molar-refractivity contribution >= 4 is 40.7 Å². The van der Waals surface area contributed by atoms with Crippen LogP contribution in [0.25, 0.3) is 0 Å². The maximum absolute atomic E-state index is 12.0. The van der Waals surface area contributed by atoms with E-state index in [1.165, 1.54) is 0 Å². The molecule has 1 amide bonds. The van der Waals surface area contributed by atoms with Crippen LogP contribution >= 0.6 is 34.8 Å². The highest BCUT2D eigenvalue weighted by molar-refractivity contribution is 6.35. The minimum absolute atomic E-state index is 0.00326. The van der Waals surface area contributed by atoms with Crippen LogP contribution in [0.4, 0.5) is 0 Å². The fourth-order valence-corrected chi connectivity index (χ4v) is 2.35. The van der Waals surface area contributed by atoms with Gasteiger partial charge in [-0.05, 0) is 24.6 Å². The molecule has 0 aromatic heterocycles. The first-order valence-electron chi connectivity index (χ1n) is 5.66. The normalized spacial score (nSPS) is 14.1. The molecule has 1 aromatic carbocycles. The molecule has 5 heteroatoms. The lowest BCUT2D eigenvalue weighted by Gasteiger charge is -2.28. The molecule has 1 aromatic rings. The van der Waals surface area contributed by atoms with Gasteiger partial charge in [0.2, 0.25) is 5.91 Å². The summed E-state index contributed by atoms with van der Waals surface area (Å²) in [4.78, 5) is 13.7. The van der Waals surface area contributed by atoms with Gasteiger partial charge in [0.15, 0.2) is 0 Å². The zero-order valence-electron chi connectivity index (χ0n) is 10.6. The number of amides is 1. The highest BCUT2D eigenvalue weighted by Gasteiger charge is 2.23. The fraction of sp³-hybridized carbons (Fsp3) is 0.462. The van der Waals surface area contributed by atoms with Crippen molar-refractivity contribution in [2.45, 2.75) is 19.9 Å². The Hall–Kier alpha value is -0.440. The molecule has 0 saturated heterocycles. The molecule has 0 bridgehead atoms. The van der Waals surface area contributed by atoms with Crippen molar-refractivity contribution in [2.24, 2.45) is 5.92 Å². The number of carbonyl (C=O) groups is 1. The Bertz CT molecular complexity index is 436. The molecule has 2 unspecified atom stereocenters. The molecule has 0 fully saturated rings. The van der Waals surface area contributed by atoms with Crippen molar-refractivity contribution < 1.29 is 4.79 Å². The highest BCUT2D eigenvalue weighted by Crippen LogP contribution is 2.29. The van der Waals surface area contributed by atoms with E-state index in [-0.39, 0.29) is 17.9 Å². The van der Waals surface area contributed by atoms with Crippen molar-refractivity contribution in [1.82, 2.24) is 4.90 Å². The molecule has 2 atom stereocenters. The number of alkyl halides is 1. The minimum Gasteiger partial charge on any atom is -0.339 e. The first-order valence-corrected chi connectivity index (χ1v) is 6.95. The molecule has 0 spiro atoms. The number of halogens is 3. The van der Waals surface area contributed by atoms with Crippen LogP contribution in [0.15, 0.2) is 18.2 Å². The van der Waals surface area contributed by atoms with E-state index in [1.54, 1.807) is 24.1 Å². The summed E-state index contributed by atoms with van der Waals surface area (Å²) >= 11 is 17.7. The van der Waals surface area contributed by atoms with E-state index in [4.69, 9.17) is 34.8 Å². The van der Waals surface area contributed by atoms with Gasteiger partial charge in [-0.25, -0.2) is 0 Å². The predicted molar refractivity (Wildman–Crippen MR) is 77.5 cm³/mol. The quantitative estimate of drug-likeness (QED) is 0.756. The summed E-state index contributed by atoms with van der Waals surface area (Å²) in [6.07, 6.45) is 0. The van der Waals surface area contributed by atoms with Crippen LogP contribution in [0, 0.1) is 5.92 Å². The zero-order chi connectivity index (χ0) is 13.9. The lowest BCUT2D eigenvalue weighted by atomic mass is 10.1. The van der Waals surface area contributed by atoms with Crippen LogP contribution in [-0.4, -0.2) is 23.7 Å². The highest BCUT2D eigenvalue weighted by atomic mass is 35.5. The number of rotatable bonds is 4. The third kappa shape index (κ3) is 3.53. The third-order valence-corrected chi connectivity index (χ3v) is 4.02. The van der Waals surface area contributed by atoms with E-state index < -0.39 is 0 Å². The zero-order valence-corrected chi connectivity index (χ0v) is 12.9. The number of benzene rings is 1. The van der Waals surface area contributed by atoms with Crippen LogP contribution < -0.4 is 0 Å². The fourth-order valence-electron chi connectivity index (χ4n) is 1.65. The van der Waals surface area contributed by atoms with Gasteiger partial charge in [0.1, 0.15) is 0 Å². The first-order chi connectivity index (χ1) is 8.38. The topological polar surface area (TPSA) is 20.3 Å². The van der Waals surface area contributed by atoms with E-state index in [2.05, 4.69) is 0 Å². The van der Waals surface area contributed by atoms with Gasteiger partial charge >= 0.3 is 0 Å². The second-order valence-electron chi connectivity index (χ2n) is 4.35. The molecule has 100 valence electrons. The predicted octanol–water partition coefficient (Wildman–Crippen LogP) is 4.39. The monoisotopic (exact) mass is 307 g/mol. The van der Waals surface area contributed by atoms with E-state index in [0.29, 0.717) is 15.9 Å². The van der Waals surface area contributed by atoms with Gasteiger partial charge in [-0.2, -0.15) is 0 Å². The van der Waals surface area contributed by atoms with E-state index in [0.717, 1.165) is 5.56 Å². The van der Waals surface area contributed by atoms with E-state index >= 15 is 0 Å². The van der Waals surface area contributed by atoms with Crippen LogP contribution in [0.2, 0.25) is 10.0 Å². The Morgan fingerprint density at radius 1 is 1.33 bits per heavy atom. The summed E-state index contributed by atoms with van der Waals surface area (Å²) in [5.41, 5.74) is 0.874. The minimum atomic E-state index is -0.204. The Morgan fingerprint density at radius 2 is 1.94 bits per heavy atom. The molecular weight excluding hydrogens is 293 g/mol. The van der Waals surface area contributed by atoms with Crippen molar-refractivity contribution in [2.75, 3.05) is 12.9 Å². The summed E-state index contributed by atoms with van der Waals surface area (Å²) in [5.74, 6) is 0.109. The van der Waals surface area contributed by atoms with Crippen molar-refractivity contribution in [3.05, 3.63) is 33.8 Å². The smallest absolute Gasteiger partial charge is 0.226 e. The molecule has 0 radical (unpaired) electrons. The Kier molecular flexibility index (Phi) is 5.77. The Labute approximate surface area is 123 Å². The Morgan fingerprint density at radius 3 is 2.44 bits per heavy atom. The van der Waals surface area contributed by atoms with E-state index in [9.17, 15) is 4.79 Å². The number of carbonyl (C=O) groups excluding carboxylic acids is 1. The molecule has 0 aliphatic rings. The molecule has 2 nitrogen and oxygen atoms in total. The van der Waals surface area contributed by atoms with Gasteiger partial charge in [0, 0.05) is 28.9 Å². The Balaban J connectivity index is 2.92. The van der Waals surface area contributed by atoms with Gasteiger partial charge in [-0.3, -0.25) is 4.79 Å². The number of hydrogen-bond acceptors (Lipinski definition) is 1. The molecule has 0 aliphatic heterocycles. The lowest BCUT2D eigenvalue weighted by molar-refractivity contribution is -0.134. The molecule has 0 aliphatic carbocycles. The summed E-state index contributed by atoms with van der Waals surface area (Å²) in [6, 6.07) is 5.17. The van der Waals surface area contributed by atoms with Gasteiger partial charge in [0.25, 0.3) is 0 Å². The average molecular weight is 309 g/mol. The first kappa shape index (κ1) is 15.6. The summed E-state index contributed by atoms with van der Waals surface area (Å²) in [6.45, 7) is 3.73. The molecule has 0 saturated carbocycles. The van der Waals surface area contributed by atoms with Gasteiger partial charge in [-0.1, -0.05) is 36.2 Å². The number of hydrogen-bond donors (Lipinski definition) is 0. The van der Waals surface area contributed by atoms with E-state index in [1.807, 2.05) is 19.9 Å². The van der Waals surface area contributed by atoms with Gasteiger partial charge < -0.3 is 4.90 Å². The second kappa shape index (κ2) is 6.65. The van der Waals surface area contributed by atoms with Crippen molar-refractivity contribution in [1.29, 1.82) is 0 Å². The second-order valence-corrected chi connectivity index (χ2v) is 5.50. The molecule has 18 heavy (non-hydrogen) atoms. The van der Waals surface area contributed by atoms with Crippen LogP contribution in [-0.2, 0) is 4.79 Å². The van der Waals surface area contributed by atoms with Crippen LogP contribution in [0.3, 0.4) is 0 Å². The average Bonchev–Trinajstić information content (AvgIpc) is 2.35. The van der Waals surface area contributed by atoms with Crippen molar-refractivity contribution in [3.63, 3.8) is 0 Å².